The first-order valence-electron chi connectivity index (χ1n) is 9.54. The van der Waals surface area contributed by atoms with Crippen molar-refractivity contribution < 1.29 is 9.05 Å². The molecular formula is C19H23ClN6O2. The molecule has 1 aromatic carbocycles. The van der Waals surface area contributed by atoms with Gasteiger partial charge >= 0.3 is 0 Å². The molecule has 0 N–H and O–H groups in total. The van der Waals surface area contributed by atoms with E-state index < -0.39 is 0 Å². The lowest BCUT2D eigenvalue weighted by atomic mass is 10.2. The van der Waals surface area contributed by atoms with Crippen LogP contribution >= 0.6 is 11.6 Å². The van der Waals surface area contributed by atoms with Crippen molar-refractivity contribution in [2.75, 3.05) is 26.2 Å². The second-order valence-corrected chi connectivity index (χ2v) is 7.36. The highest BCUT2D eigenvalue weighted by molar-refractivity contribution is 6.30. The van der Waals surface area contributed by atoms with Crippen LogP contribution in [0.5, 0.6) is 0 Å². The number of aromatic nitrogens is 4. The largest absolute Gasteiger partial charge is 0.338 e. The Morgan fingerprint density at radius 2 is 1.50 bits per heavy atom. The monoisotopic (exact) mass is 402 g/mol. The average Bonchev–Trinajstić information content (AvgIpc) is 3.34. The maximum Gasteiger partial charge on any atom is 0.241 e. The van der Waals surface area contributed by atoms with E-state index in [0.29, 0.717) is 35.7 Å². The molecule has 1 aliphatic rings. The van der Waals surface area contributed by atoms with Crippen LogP contribution < -0.4 is 0 Å². The van der Waals surface area contributed by atoms with Crippen LogP contribution in [0, 0.1) is 0 Å². The average molecular weight is 403 g/mol. The molecule has 0 unspecified atom stereocenters. The summed E-state index contributed by atoms with van der Waals surface area (Å²) in [5.74, 6) is 2.70. The zero-order valence-electron chi connectivity index (χ0n) is 15.8. The van der Waals surface area contributed by atoms with Gasteiger partial charge in [-0.1, -0.05) is 28.8 Å². The molecule has 3 heterocycles. The molecule has 0 bridgehead atoms. The van der Waals surface area contributed by atoms with E-state index in [-0.39, 0.29) is 0 Å². The van der Waals surface area contributed by atoms with Crippen LogP contribution in [0.3, 0.4) is 0 Å². The minimum atomic E-state index is 0.588. The van der Waals surface area contributed by atoms with Crippen molar-refractivity contribution in [2.45, 2.75) is 32.9 Å². The number of rotatable bonds is 7. The van der Waals surface area contributed by atoms with E-state index in [4.69, 9.17) is 20.6 Å². The Morgan fingerprint density at radius 1 is 0.893 bits per heavy atom. The van der Waals surface area contributed by atoms with Crippen molar-refractivity contribution in [3.05, 3.63) is 46.9 Å². The topological polar surface area (TPSA) is 84.3 Å². The van der Waals surface area contributed by atoms with Gasteiger partial charge in [0.05, 0.1) is 13.1 Å². The van der Waals surface area contributed by atoms with Gasteiger partial charge in [0.15, 0.2) is 5.82 Å². The SMILES string of the molecule is CCCc1noc(CN2CCN(Cc3nc(-c4ccc(Cl)cc4)no3)CC2)n1. The molecule has 3 aromatic rings. The van der Waals surface area contributed by atoms with Gasteiger partial charge in [0.2, 0.25) is 17.6 Å². The number of aryl methyl sites for hydroxylation is 1. The summed E-state index contributed by atoms with van der Waals surface area (Å²) in [5.41, 5.74) is 0.895. The maximum absolute atomic E-state index is 5.92. The molecule has 148 valence electrons. The van der Waals surface area contributed by atoms with Crippen LogP contribution in [0.25, 0.3) is 11.4 Å². The molecule has 0 amide bonds. The first-order valence-corrected chi connectivity index (χ1v) is 9.92. The molecule has 9 heteroatoms. The predicted molar refractivity (Wildman–Crippen MR) is 104 cm³/mol. The third-order valence-corrected chi connectivity index (χ3v) is 4.99. The highest BCUT2D eigenvalue weighted by atomic mass is 35.5. The van der Waals surface area contributed by atoms with Crippen molar-refractivity contribution in [2.24, 2.45) is 0 Å². The summed E-state index contributed by atoms with van der Waals surface area (Å²) in [5, 5.41) is 8.78. The minimum Gasteiger partial charge on any atom is -0.338 e. The molecule has 0 spiro atoms. The van der Waals surface area contributed by atoms with E-state index in [1.54, 1.807) is 0 Å². The van der Waals surface area contributed by atoms with Gasteiger partial charge in [-0.25, -0.2) is 0 Å². The van der Waals surface area contributed by atoms with Crippen LogP contribution in [0.2, 0.25) is 5.02 Å². The van der Waals surface area contributed by atoms with Crippen LogP contribution in [0.1, 0.15) is 31.0 Å². The zero-order chi connectivity index (χ0) is 19.3. The van der Waals surface area contributed by atoms with E-state index in [1.165, 1.54) is 0 Å². The first kappa shape index (κ1) is 19.0. The van der Waals surface area contributed by atoms with Gasteiger partial charge in [-0.15, -0.1) is 0 Å². The predicted octanol–water partition coefficient (Wildman–Crippen LogP) is 3.04. The van der Waals surface area contributed by atoms with Crippen molar-refractivity contribution in [1.82, 2.24) is 30.1 Å². The van der Waals surface area contributed by atoms with Crippen molar-refractivity contribution in [3.8, 4) is 11.4 Å². The fraction of sp³-hybridized carbons (Fsp3) is 0.474. The molecule has 0 radical (unpaired) electrons. The second kappa shape index (κ2) is 8.81. The molecule has 0 saturated carbocycles. The van der Waals surface area contributed by atoms with Crippen LogP contribution in [0.4, 0.5) is 0 Å². The minimum absolute atomic E-state index is 0.588. The fourth-order valence-corrected chi connectivity index (χ4v) is 3.33. The Kier molecular flexibility index (Phi) is 5.99. The number of halogens is 1. The Bertz CT molecular complexity index is 886. The highest BCUT2D eigenvalue weighted by Gasteiger charge is 2.21. The summed E-state index contributed by atoms with van der Waals surface area (Å²) in [4.78, 5) is 13.6. The Balaban J connectivity index is 1.27. The summed E-state index contributed by atoms with van der Waals surface area (Å²) in [6.07, 6.45) is 1.88. The van der Waals surface area contributed by atoms with Crippen molar-refractivity contribution >= 4 is 11.6 Å². The van der Waals surface area contributed by atoms with Gasteiger partial charge < -0.3 is 9.05 Å². The Labute approximate surface area is 168 Å². The summed E-state index contributed by atoms with van der Waals surface area (Å²) < 4.78 is 10.8. The molecule has 1 saturated heterocycles. The van der Waals surface area contributed by atoms with Crippen molar-refractivity contribution in [3.63, 3.8) is 0 Å². The van der Waals surface area contributed by atoms with E-state index in [9.17, 15) is 0 Å². The van der Waals surface area contributed by atoms with Crippen LogP contribution in [-0.2, 0) is 19.5 Å². The lowest BCUT2D eigenvalue weighted by Crippen LogP contribution is -2.45. The quantitative estimate of drug-likeness (QED) is 0.596. The number of nitrogens with zero attached hydrogens (tertiary/aromatic N) is 6. The van der Waals surface area contributed by atoms with Crippen molar-refractivity contribution in [1.29, 1.82) is 0 Å². The lowest BCUT2D eigenvalue weighted by molar-refractivity contribution is 0.103. The standard InChI is InChI=1S/C19H23ClN6O2/c1-2-3-16-21-17(27-23-16)12-25-8-10-26(11-9-25)13-18-22-19(24-28-18)14-4-6-15(20)7-5-14/h4-7H,2-3,8-13H2,1H3. The molecule has 0 atom stereocenters. The number of hydrogen-bond acceptors (Lipinski definition) is 8. The third-order valence-electron chi connectivity index (χ3n) is 4.74. The molecule has 0 aliphatic carbocycles. The van der Waals surface area contributed by atoms with E-state index in [2.05, 4.69) is 37.0 Å². The van der Waals surface area contributed by atoms with Gasteiger partial charge in [0.1, 0.15) is 0 Å². The van der Waals surface area contributed by atoms with Gasteiger partial charge in [0, 0.05) is 43.2 Å². The molecule has 1 aliphatic heterocycles. The number of piperazine rings is 1. The number of benzene rings is 1. The summed E-state index contributed by atoms with van der Waals surface area (Å²) in [6.45, 7) is 7.18. The van der Waals surface area contributed by atoms with Gasteiger partial charge in [0.25, 0.3) is 0 Å². The van der Waals surface area contributed by atoms with Gasteiger partial charge in [-0.3, -0.25) is 9.80 Å². The third kappa shape index (κ3) is 4.76. The highest BCUT2D eigenvalue weighted by Crippen LogP contribution is 2.19. The number of hydrogen-bond donors (Lipinski definition) is 0. The first-order chi connectivity index (χ1) is 13.7. The molecule has 4 rings (SSSR count). The summed E-state index contributed by atoms with van der Waals surface area (Å²) in [7, 11) is 0. The molecule has 8 nitrogen and oxygen atoms in total. The summed E-state index contributed by atoms with van der Waals surface area (Å²) in [6, 6.07) is 7.42. The van der Waals surface area contributed by atoms with E-state index >= 15 is 0 Å². The maximum atomic E-state index is 5.92. The van der Waals surface area contributed by atoms with Crippen LogP contribution in [-0.4, -0.2) is 56.3 Å². The van der Waals surface area contributed by atoms with E-state index in [1.807, 2.05) is 24.3 Å². The Hall–Kier alpha value is -2.29. The zero-order valence-corrected chi connectivity index (χ0v) is 16.6. The van der Waals surface area contributed by atoms with E-state index in [0.717, 1.165) is 50.4 Å². The molecule has 28 heavy (non-hydrogen) atoms. The second-order valence-electron chi connectivity index (χ2n) is 6.93. The van der Waals surface area contributed by atoms with Gasteiger partial charge in [-0.05, 0) is 30.7 Å². The summed E-state index contributed by atoms with van der Waals surface area (Å²) >= 11 is 5.92. The Morgan fingerprint density at radius 3 is 2.14 bits per heavy atom. The molecule has 1 fully saturated rings. The van der Waals surface area contributed by atoms with Gasteiger partial charge in [-0.2, -0.15) is 9.97 Å². The fourth-order valence-electron chi connectivity index (χ4n) is 3.20. The normalized spacial score (nSPS) is 15.9. The molecule has 2 aromatic heterocycles. The molecular weight excluding hydrogens is 380 g/mol. The van der Waals surface area contributed by atoms with Crippen LogP contribution in [0.15, 0.2) is 33.3 Å². The lowest BCUT2D eigenvalue weighted by Gasteiger charge is -2.32. The smallest absolute Gasteiger partial charge is 0.241 e.